The summed E-state index contributed by atoms with van der Waals surface area (Å²) in [5.41, 5.74) is 7.61. The van der Waals surface area contributed by atoms with Gasteiger partial charge in [-0.05, 0) is 80.1 Å². The zero-order chi connectivity index (χ0) is 31.6. The molecule has 3 N–H and O–H groups in total. The molecule has 43 heavy (non-hydrogen) atoms. The van der Waals surface area contributed by atoms with Gasteiger partial charge in [0.1, 0.15) is 17.1 Å². The van der Waals surface area contributed by atoms with Crippen molar-refractivity contribution in [2.45, 2.75) is 51.2 Å². The third-order valence-corrected chi connectivity index (χ3v) is 9.14. The summed E-state index contributed by atoms with van der Waals surface area (Å²) in [6.45, 7) is 3.68. The highest BCUT2D eigenvalue weighted by molar-refractivity contribution is 7.92. The molecule has 14 heteroatoms. The van der Waals surface area contributed by atoms with Gasteiger partial charge in [-0.2, -0.15) is 17.5 Å². The topological polar surface area (TPSA) is 134 Å². The minimum atomic E-state index is -4.25. The fourth-order valence-electron chi connectivity index (χ4n) is 5.07. The number of primary amides is 1. The number of alkyl halides is 3. The van der Waals surface area contributed by atoms with E-state index >= 15 is 0 Å². The first-order chi connectivity index (χ1) is 20.1. The lowest BCUT2D eigenvalue weighted by molar-refractivity contribution is -0.136. The van der Waals surface area contributed by atoms with E-state index in [-0.39, 0.29) is 44.9 Å². The van der Waals surface area contributed by atoms with Gasteiger partial charge in [0.05, 0.1) is 6.61 Å². The second-order valence-electron chi connectivity index (χ2n) is 10.7. The molecule has 1 saturated heterocycles. The number of halogens is 3. The Morgan fingerprint density at radius 1 is 1.19 bits per heavy atom. The van der Waals surface area contributed by atoms with Crippen molar-refractivity contribution < 1.29 is 35.9 Å². The Balaban J connectivity index is 1.42. The fourth-order valence-corrected chi connectivity index (χ4v) is 6.25. The molecule has 0 bridgehead atoms. The van der Waals surface area contributed by atoms with Crippen molar-refractivity contribution in [1.82, 2.24) is 9.62 Å². The van der Waals surface area contributed by atoms with E-state index in [2.05, 4.69) is 10.3 Å². The summed E-state index contributed by atoms with van der Waals surface area (Å²) in [4.78, 5) is 30.5. The minimum Gasteiger partial charge on any atom is -0.494 e. The predicted molar refractivity (Wildman–Crippen MR) is 157 cm³/mol. The van der Waals surface area contributed by atoms with Crippen molar-refractivity contribution in [3.8, 4) is 5.75 Å². The molecule has 0 aromatic heterocycles. The molecule has 0 saturated carbocycles. The number of benzene rings is 2. The van der Waals surface area contributed by atoms with E-state index in [4.69, 9.17) is 10.5 Å². The van der Waals surface area contributed by atoms with E-state index in [0.29, 0.717) is 28.4 Å². The van der Waals surface area contributed by atoms with Gasteiger partial charge in [-0.3, -0.25) is 14.7 Å². The minimum absolute atomic E-state index is 0.0829. The van der Waals surface area contributed by atoms with E-state index in [9.17, 15) is 31.2 Å². The summed E-state index contributed by atoms with van der Waals surface area (Å²) in [5.74, 6) is 0.322. The molecule has 4 rings (SSSR count). The molecule has 10 nitrogen and oxygen atoms in total. The molecule has 0 unspecified atom stereocenters. The zero-order valence-electron chi connectivity index (χ0n) is 24.1. The number of amides is 3. The van der Waals surface area contributed by atoms with Crippen LogP contribution in [0.2, 0.25) is 0 Å². The number of carbonyl (C=O) groups excluding carboxylic acids is 2. The smallest absolute Gasteiger partial charge is 0.389 e. The van der Waals surface area contributed by atoms with Crippen LogP contribution < -0.4 is 20.7 Å². The number of nitrogens with zero attached hydrogens (tertiary/aromatic N) is 3. The number of ether oxygens (including phenoxy) is 1. The number of carbonyl (C=O) groups is 2. The number of rotatable bonds is 9. The number of aliphatic imine (C=N–C) groups is 1. The Morgan fingerprint density at radius 3 is 2.44 bits per heavy atom. The lowest BCUT2D eigenvalue weighted by Crippen LogP contribution is -2.50. The second kappa shape index (κ2) is 12.4. The lowest BCUT2D eigenvalue weighted by Gasteiger charge is -2.34. The zero-order valence-corrected chi connectivity index (χ0v) is 24.9. The molecule has 232 valence electrons. The monoisotopic (exact) mass is 621 g/mol. The highest BCUT2D eigenvalue weighted by Crippen LogP contribution is 2.33. The number of anilines is 1. The Bertz CT molecular complexity index is 1540. The number of amidine groups is 1. The number of aryl methyl sites for hydroxylation is 2. The molecule has 2 aromatic carbocycles. The number of urea groups is 1. The van der Waals surface area contributed by atoms with Crippen LogP contribution in [0.1, 0.15) is 47.9 Å². The van der Waals surface area contributed by atoms with Crippen LogP contribution in [-0.2, 0) is 14.8 Å². The maximum absolute atomic E-state index is 13.2. The maximum Gasteiger partial charge on any atom is 0.389 e. The molecule has 2 aliphatic rings. The number of hydrogen-bond donors (Lipinski definition) is 2. The van der Waals surface area contributed by atoms with Crippen molar-refractivity contribution >= 4 is 39.6 Å². The van der Waals surface area contributed by atoms with Gasteiger partial charge >= 0.3 is 12.2 Å². The molecule has 0 radical (unpaired) electrons. The first-order valence-electron chi connectivity index (χ1n) is 13.6. The highest BCUT2D eigenvalue weighted by Gasteiger charge is 2.47. The number of nitrogens with one attached hydrogen (secondary N) is 1. The van der Waals surface area contributed by atoms with E-state index < -0.39 is 34.2 Å². The molecular formula is C29H34F3N5O5S. The van der Waals surface area contributed by atoms with Crippen LogP contribution in [0.3, 0.4) is 0 Å². The second-order valence-corrected chi connectivity index (χ2v) is 12.5. The molecule has 0 aliphatic carbocycles. The SMILES string of the molecule is Cc1cc(N(C)C(N)=O)cc(C)c1C=CS(=O)(=O)N1CCC2(CC1)N=C(c1cccc(OCCCC(F)(F)F)c1)NC2=O. The van der Waals surface area contributed by atoms with Crippen LogP contribution in [0.4, 0.5) is 23.7 Å². The van der Waals surface area contributed by atoms with E-state index in [1.54, 1.807) is 43.4 Å². The van der Waals surface area contributed by atoms with E-state index in [1.165, 1.54) is 15.3 Å². The summed E-state index contributed by atoms with van der Waals surface area (Å²) in [7, 11) is -2.26. The Hall–Kier alpha value is -3.91. The summed E-state index contributed by atoms with van der Waals surface area (Å²) in [6.07, 6.45) is -3.49. The van der Waals surface area contributed by atoms with Gasteiger partial charge in [0, 0.05) is 43.2 Å². The highest BCUT2D eigenvalue weighted by atomic mass is 32.2. The number of hydrogen-bond acceptors (Lipinski definition) is 6. The quantitative estimate of drug-likeness (QED) is 0.404. The molecular weight excluding hydrogens is 587 g/mol. The van der Waals surface area contributed by atoms with Crippen molar-refractivity contribution in [2.75, 3.05) is 31.6 Å². The van der Waals surface area contributed by atoms with Crippen LogP contribution in [0, 0.1) is 13.8 Å². The number of sulfonamides is 1. The third-order valence-electron chi connectivity index (χ3n) is 7.57. The first kappa shape index (κ1) is 32.0. The Kier molecular flexibility index (Phi) is 9.21. The Morgan fingerprint density at radius 2 is 1.84 bits per heavy atom. The van der Waals surface area contributed by atoms with Crippen LogP contribution in [0.25, 0.3) is 6.08 Å². The largest absolute Gasteiger partial charge is 0.494 e. The van der Waals surface area contributed by atoms with Gasteiger partial charge in [-0.15, -0.1) is 0 Å². The number of nitrogens with two attached hydrogens (primary N) is 1. The lowest BCUT2D eigenvalue weighted by atomic mass is 9.89. The van der Waals surface area contributed by atoms with Crippen molar-refractivity contribution in [3.05, 3.63) is 64.1 Å². The molecule has 0 atom stereocenters. The molecule has 1 spiro atoms. The molecule has 2 aromatic rings. The van der Waals surface area contributed by atoms with Crippen LogP contribution in [-0.4, -0.2) is 69.0 Å². The van der Waals surface area contributed by atoms with Crippen molar-refractivity contribution in [1.29, 1.82) is 0 Å². The summed E-state index contributed by atoms with van der Waals surface area (Å²) in [5, 5.41) is 3.91. The van der Waals surface area contributed by atoms with Crippen molar-refractivity contribution in [2.24, 2.45) is 10.7 Å². The molecule has 2 heterocycles. The van der Waals surface area contributed by atoms with Crippen LogP contribution >= 0.6 is 0 Å². The third kappa shape index (κ3) is 7.54. The summed E-state index contributed by atoms with van der Waals surface area (Å²) >= 11 is 0. The van der Waals surface area contributed by atoms with Gasteiger partial charge in [-0.1, -0.05) is 12.1 Å². The molecule has 2 aliphatic heterocycles. The molecule has 3 amide bonds. The van der Waals surface area contributed by atoms with Gasteiger partial charge in [0.25, 0.3) is 5.91 Å². The first-order valence-corrected chi connectivity index (χ1v) is 15.1. The number of piperidine rings is 1. The van der Waals surface area contributed by atoms with Gasteiger partial charge in [0.2, 0.25) is 10.0 Å². The van der Waals surface area contributed by atoms with Crippen LogP contribution in [0.5, 0.6) is 5.75 Å². The summed E-state index contributed by atoms with van der Waals surface area (Å²) in [6, 6.07) is 9.45. The fraction of sp³-hybridized carbons (Fsp3) is 0.414. The van der Waals surface area contributed by atoms with E-state index in [0.717, 1.165) is 16.5 Å². The Labute approximate surface area is 248 Å². The predicted octanol–water partition coefficient (Wildman–Crippen LogP) is 4.25. The average Bonchev–Trinajstić information content (AvgIpc) is 3.25. The maximum atomic E-state index is 13.2. The van der Waals surface area contributed by atoms with Crippen LogP contribution in [0.15, 0.2) is 46.8 Å². The van der Waals surface area contributed by atoms with Gasteiger partial charge < -0.3 is 15.8 Å². The van der Waals surface area contributed by atoms with Gasteiger partial charge in [0.15, 0.2) is 0 Å². The summed E-state index contributed by atoms with van der Waals surface area (Å²) < 4.78 is 70.2. The van der Waals surface area contributed by atoms with Gasteiger partial charge in [-0.25, -0.2) is 13.2 Å². The van der Waals surface area contributed by atoms with E-state index in [1.807, 2.05) is 13.8 Å². The standard InChI is InChI=1S/C29H34F3N5O5S/c1-19-16-22(36(3)27(33)39)17-20(2)24(19)8-15-43(40,41)37-12-10-28(11-13-37)26(38)34-25(35-28)21-6-4-7-23(18-21)42-14-5-9-29(30,31)32/h4,6-8,15-18H,5,9-14H2,1-3H3,(H2,33,39)(H,34,35,38). The average molecular weight is 622 g/mol. The van der Waals surface area contributed by atoms with Crippen molar-refractivity contribution in [3.63, 3.8) is 0 Å². The molecule has 1 fully saturated rings. The normalized spacial score (nSPS) is 17.3.